The standard InChI is InChI=1S/C16H12ClN3O4S/c1-10-18-16(24-19-10)12-7-3-2-6-11(12)15(21)20-25(22,23)14-9-5-4-8-13(14)17/h2-9H,1H3,(H,20,21). The number of aryl methyl sites for hydroxylation is 1. The molecule has 0 spiro atoms. The van der Waals surface area contributed by atoms with E-state index in [2.05, 4.69) is 10.1 Å². The van der Waals surface area contributed by atoms with Gasteiger partial charge in [0.15, 0.2) is 5.82 Å². The van der Waals surface area contributed by atoms with Gasteiger partial charge in [0.05, 0.1) is 16.1 Å². The zero-order valence-corrected chi connectivity index (χ0v) is 14.5. The quantitative estimate of drug-likeness (QED) is 0.750. The monoisotopic (exact) mass is 377 g/mol. The fraction of sp³-hybridized carbons (Fsp3) is 0.0625. The lowest BCUT2D eigenvalue weighted by Crippen LogP contribution is -2.31. The summed E-state index contributed by atoms with van der Waals surface area (Å²) in [4.78, 5) is 16.4. The molecule has 0 radical (unpaired) electrons. The molecule has 0 fully saturated rings. The van der Waals surface area contributed by atoms with Crippen LogP contribution in [0.5, 0.6) is 0 Å². The molecule has 0 aliphatic rings. The smallest absolute Gasteiger partial charge is 0.265 e. The van der Waals surface area contributed by atoms with Crippen molar-refractivity contribution in [2.24, 2.45) is 0 Å². The van der Waals surface area contributed by atoms with Gasteiger partial charge in [0.2, 0.25) is 0 Å². The summed E-state index contributed by atoms with van der Waals surface area (Å²) in [5.41, 5.74) is 0.414. The highest BCUT2D eigenvalue weighted by Gasteiger charge is 2.24. The van der Waals surface area contributed by atoms with Gasteiger partial charge in [0.25, 0.3) is 21.8 Å². The molecule has 3 aromatic rings. The van der Waals surface area contributed by atoms with Crippen molar-refractivity contribution in [1.82, 2.24) is 14.9 Å². The van der Waals surface area contributed by atoms with E-state index in [1.807, 2.05) is 4.72 Å². The van der Waals surface area contributed by atoms with Crippen molar-refractivity contribution in [3.05, 3.63) is 64.9 Å². The molecule has 0 unspecified atom stereocenters. The summed E-state index contributed by atoms with van der Waals surface area (Å²) in [6.45, 7) is 1.64. The Morgan fingerprint density at radius 3 is 2.48 bits per heavy atom. The number of carbonyl (C=O) groups excluding carboxylic acids is 1. The van der Waals surface area contributed by atoms with Gasteiger partial charge >= 0.3 is 0 Å². The van der Waals surface area contributed by atoms with Crippen molar-refractivity contribution in [3.8, 4) is 11.5 Å². The van der Waals surface area contributed by atoms with E-state index in [-0.39, 0.29) is 21.4 Å². The lowest BCUT2D eigenvalue weighted by Gasteiger charge is -2.10. The predicted molar refractivity (Wildman–Crippen MR) is 90.6 cm³/mol. The molecule has 0 saturated heterocycles. The molecule has 9 heteroatoms. The number of hydrogen-bond acceptors (Lipinski definition) is 6. The normalized spacial score (nSPS) is 11.3. The lowest BCUT2D eigenvalue weighted by molar-refractivity contribution is 0.0981. The summed E-state index contributed by atoms with van der Waals surface area (Å²) in [5, 5.41) is 3.69. The second-order valence-corrected chi connectivity index (χ2v) is 7.12. The van der Waals surface area contributed by atoms with Crippen molar-refractivity contribution >= 4 is 27.5 Å². The fourth-order valence-corrected chi connectivity index (χ4v) is 3.66. The number of nitrogens with zero attached hydrogens (tertiary/aromatic N) is 2. The Bertz CT molecular complexity index is 1050. The summed E-state index contributed by atoms with van der Waals surface area (Å²) in [6, 6.07) is 12.2. The molecular formula is C16H12ClN3O4S. The van der Waals surface area contributed by atoms with Crippen LogP contribution in [0.2, 0.25) is 5.02 Å². The van der Waals surface area contributed by atoms with Crippen LogP contribution in [0.25, 0.3) is 11.5 Å². The van der Waals surface area contributed by atoms with Gasteiger partial charge in [-0.15, -0.1) is 0 Å². The Balaban J connectivity index is 1.96. The lowest BCUT2D eigenvalue weighted by atomic mass is 10.1. The van der Waals surface area contributed by atoms with E-state index in [1.165, 1.54) is 24.3 Å². The van der Waals surface area contributed by atoms with Gasteiger partial charge in [0, 0.05) is 0 Å². The number of sulfonamides is 1. The SMILES string of the molecule is Cc1noc(-c2ccccc2C(=O)NS(=O)(=O)c2ccccc2Cl)n1. The third kappa shape index (κ3) is 3.54. The molecule has 7 nitrogen and oxygen atoms in total. The molecule has 0 saturated carbocycles. The minimum absolute atomic E-state index is 0.0172. The average Bonchev–Trinajstić information content (AvgIpc) is 3.01. The number of carbonyl (C=O) groups is 1. The molecule has 1 aromatic heterocycles. The van der Waals surface area contributed by atoms with Gasteiger partial charge in [0.1, 0.15) is 4.90 Å². The predicted octanol–water partition coefficient (Wildman–Crippen LogP) is 2.82. The maximum atomic E-state index is 12.5. The van der Waals surface area contributed by atoms with Gasteiger partial charge in [-0.2, -0.15) is 4.98 Å². The van der Waals surface area contributed by atoms with Crippen LogP contribution in [0.3, 0.4) is 0 Å². The molecule has 0 bridgehead atoms. The minimum Gasteiger partial charge on any atom is -0.334 e. The first kappa shape index (κ1) is 17.1. The number of halogens is 1. The second-order valence-electron chi connectivity index (χ2n) is 5.06. The Hall–Kier alpha value is -2.71. The van der Waals surface area contributed by atoms with Crippen LogP contribution < -0.4 is 4.72 Å². The van der Waals surface area contributed by atoms with Crippen LogP contribution in [0.1, 0.15) is 16.2 Å². The highest BCUT2D eigenvalue weighted by atomic mass is 35.5. The van der Waals surface area contributed by atoms with Crippen molar-refractivity contribution in [3.63, 3.8) is 0 Å². The van der Waals surface area contributed by atoms with Crippen LogP contribution >= 0.6 is 11.6 Å². The molecule has 128 valence electrons. The molecular weight excluding hydrogens is 366 g/mol. The van der Waals surface area contributed by atoms with Gasteiger partial charge in [-0.05, 0) is 31.2 Å². The molecule has 2 aromatic carbocycles. The number of aromatic nitrogens is 2. The topological polar surface area (TPSA) is 102 Å². The molecule has 0 atom stereocenters. The van der Waals surface area contributed by atoms with E-state index in [0.29, 0.717) is 11.4 Å². The first-order valence-electron chi connectivity index (χ1n) is 7.10. The molecule has 0 aliphatic heterocycles. The van der Waals surface area contributed by atoms with E-state index in [0.717, 1.165) is 0 Å². The fourth-order valence-electron chi connectivity index (χ4n) is 2.17. The first-order valence-corrected chi connectivity index (χ1v) is 8.96. The maximum Gasteiger partial charge on any atom is 0.265 e. The zero-order chi connectivity index (χ0) is 18.0. The number of benzene rings is 2. The van der Waals surface area contributed by atoms with Gasteiger partial charge < -0.3 is 4.52 Å². The number of rotatable bonds is 4. The number of amides is 1. The highest BCUT2D eigenvalue weighted by molar-refractivity contribution is 7.90. The van der Waals surface area contributed by atoms with Crippen LogP contribution in [0, 0.1) is 6.92 Å². The second kappa shape index (κ2) is 6.66. The Morgan fingerprint density at radius 1 is 1.12 bits per heavy atom. The average molecular weight is 378 g/mol. The summed E-state index contributed by atoms with van der Waals surface area (Å²) < 4.78 is 31.9. The van der Waals surface area contributed by atoms with Crippen LogP contribution in [-0.2, 0) is 10.0 Å². The first-order chi connectivity index (χ1) is 11.9. The Kier molecular flexibility index (Phi) is 4.56. The van der Waals surface area contributed by atoms with Gasteiger partial charge in [-0.1, -0.05) is 41.0 Å². The van der Waals surface area contributed by atoms with Crippen LogP contribution in [0.15, 0.2) is 57.9 Å². The number of hydrogen-bond donors (Lipinski definition) is 1. The maximum absolute atomic E-state index is 12.5. The van der Waals surface area contributed by atoms with Crippen molar-refractivity contribution in [2.75, 3.05) is 0 Å². The molecule has 1 heterocycles. The van der Waals surface area contributed by atoms with E-state index in [9.17, 15) is 13.2 Å². The summed E-state index contributed by atoms with van der Waals surface area (Å²) >= 11 is 5.90. The van der Waals surface area contributed by atoms with E-state index in [4.69, 9.17) is 16.1 Å². The largest absolute Gasteiger partial charge is 0.334 e. The molecule has 3 rings (SSSR count). The van der Waals surface area contributed by atoms with E-state index >= 15 is 0 Å². The van der Waals surface area contributed by atoms with Crippen molar-refractivity contribution in [1.29, 1.82) is 0 Å². The number of nitrogens with one attached hydrogen (secondary N) is 1. The molecule has 0 aliphatic carbocycles. The summed E-state index contributed by atoms with van der Waals surface area (Å²) in [7, 11) is -4.13. The Labute approximate surface area is 148 Å². The van der Waals surface area contributed by atoms with E-state index < -0.39 is 15.9 Å². The van der Waals surface area contributed by atoms with Gasteiger partial charge in [-0.25, -0.2) is 13.1 Å². The highest BCUT2D eigenvalue weighted by Crippen LogP contribution is 2.24. The summed E-state index contributed by atoms with van der Waals surface area (Å²) in [5.74, 6) is -0.307. The summed E-state index contributed by atoms with van der Waals surface area (Å²) in [6.07, 6.45) is 0. The van der Waals surface area contributed by atoms with Crippen molar-refractivity contribution in [2.45, 2.75) is 11.8 Å². The molecule has 25 heavy (non-hydrogen) atoms. The van der Waals surface area contributed by atoms with Gasteiger partial charge in [-0.3, -0.25) is 4.79 Å². The van der Waals surface area contributed by atoms with E-state index in [1.54, 1.807) is 31.2 Å². The van der Waals surface area contributed by atoms with Crippen LogP contribution in [0.4, 0.5) is 0 Å². The third-order valence-electron chi connectivity index (χ3n) is 3.28. The minimum atomic E-state index is -4.13. The molecule has 1 N–H and O–H groups in total. The van der Waals surface area contributed by atoms with Crippen LogP contribution in [-0.4, -0.2) is 24.5 Å². The Morgan fingerprint density at radius 2 is 1.80 bits per heavy atom. The van der Waals surface area contributed by atoms with Crippen molar-refractivity contribution < 1.29 is 17.7 Å². The zero-order valence-electron chi connectivity index (χ0n) is 12.9. The molecule has 1 amide bonds. The third-order valence-corrected chi connectivity index (χ3v) is 5.11.